The second kappa shape index (κ2) is 50.7. The van der Waals surface area contributed by atoms with Crippen molar-refractivity contribution < 1.29 is 122 Å². The van der Waals surface area contributed by atoms with E-state index < -0.39 is 192 Å². The lowest BCUT2D eigenvalue weighted by molar-refractivity contribution is -0.321. The number of esters is 2. The van der Waals surface area contributed by atoms with Crippen LogP contribution in [0.1, 0.15) is 219 Å². The Labute approximate surface area is 803 Å². The van der Waals surface area contributed by atoms with Crippen LogP contribution in [-0.2, 0) is 82.4 Å². The van der Waals surface area contributed by atoms with Crippen molar-refractivity contribution in [3.8, 4) is 0 Å². The number of para-hydroxylation sites is 2. The molecule has 135 heavy (non-hydrogen) atoms. The molecule has 770 valence electrons. The Morgan fingerprint density at radius 2 is 0.926 bits per heavy atom. The van der Waals surface area contributed by atoms with Crippen molar-refractivity contribution in [2.45, 2.75) is 390 Å². The lowest BCUT2D eigenvalue weighted by atomic mass is 9.77. The number of cyclic esters (lactones) is 2. The molecular formula is C102H172N8O25. The van der Waals surface area contributed by atoms with E-state index >= 15 is 0 Å². The largest absolute Gasteiger partial charge is 0.459 e. The molecule has 8 heterocycles. The highest BCUT2D eigenvalue weighted by Gasteiger charge is 2.57. The van der Waals surface area contributed by atoms with Crippen LogP contribution in [0.3, 0.4) is 0 Å². The van der Waals surface area contributed by atoms with E-state index in [1.807, 2.05) is 162 Å². The summed E-state index contributed by atoms with van der Waals surface area (Å²) in [5.74, 6) is -5.05. The molecule has 0 bridgehead atoms. The van der Waals surface area contributed by atoms with Crippen LogP contribution >= 0.6 is 0 Å². The number of aliphatic hydroxyl groups is 8. The third kappa shape index (κ3) is 29.5. The van der Waals surface area contributed by atoms with E-state index in [-0.39, 0.29) is 74.7 Å². The number of nitrogens with two attached hydrogens (primary N) is 1. The van der Waals surface area contributed by atoms with Crippen LogP contribution in [0.15, 0.2) is 73.1 Å². The van der Waals surface area contributed by atoms with Gasteiger partial charge in [0.25, 0.3) is 0 Å². The summed E-state index contributed by atoms with van der Waals surface area (Å²) in [7, 11) is 14.8. The van der Waals surface area contributed by atoms with Crippen molar-refractivity contribution in [2.24, 2.45) is 41.2 Å². The molecule has 2 aromatic heterocycles. The Balaban J connectivity index is 0.000000297. The Bertz CT molecular complexity index is 4250. The van der Waals surface area contributed by atoms with E-state index in [1.54, 1.807) is 75.4 Å². The molecule has 2 aromatic carbocycles. The first-order valence-electron chi connectivity index (χ1n) is 49.2. The van der Waals surface area contributed by atoms with Gasteiger partial charge < -0.3 is 138 Å². The van der Waals surface area contributed by atoms with Gasteiger partial charge >= 0.3 is 11.9 Å². The van der Waals surface area contributed by atoms with Gasteiger partial charge in [0.2, 0.25) is 0 Å². The van der Waals surface area contributed by atoms with E-state index in [4.69, 9.17) is 72.0 Å². The SMILES string of the molecule is CC[C@H]1OC(=O)[C@H](C)[C@@H](O[C@H]2C[C@@](C)(OC)[C@@H](O)[C@H](C)O2)[C@H](C)[C@@H](O[C@@H]2O[C@H](C)C[C@H](N(C)C)[C@H]2OCCCN)[C@](C)(O)C[C@@H](C)CN(C)[C@H](C)[C@@H](O)[C@]1(C)O.CC[C@H]1OC(=O)[C@H](C)[C@@H](O[C@H]2C[C@@](C)(OC)[C@@H](O)[C@H](C)O2)[C@H](C)[C@@H](O[C@@H]2O[C@H](C)C[C@H](N(C)C)[C@H]2OCCCNCc2cnc3ccccc3c2)[C@](C)(O)C[C@@H](C)CN(C)[C@H](C)[C@@H](O)[C@]1(C)O.O=Cc1cnc2ccccc2c1. The number of aromatic nitrogens is 2. The van der Waals surface area contributed by atoms with Crippen molar-refractivity contribution in [2.75, 3.05) is 95.9 Å². The molecule has 0 saturated carbocycles. The molecule has 6 saturated heterocycles. The van der Waals surface area contributed by atoms with Crippen molar-refractivity contribution in [1.29, 1.82) is 0 Å². The molecule has 0 aliphatic carbocycles. The van der Waals surface area contributed by atoms with Crippen LogP contribution in [-0.4, -0.2) is 365 Å². The van der Waals surface area contributed by atoms with Crippen molar-refractivity contribution >= 4 is 40.0 Å². The second-order valence-corrected chi connectivity index (χ2v) is 41.8. The number of ether oxygens (including phenoxy) is 14. The molecule has 36 atom stereocenters. The van der Waals surface area contributed by atoms with Crippen LogP contribution in [0.2, 0.25) is 0 Å². The third-order valence-electron chi connectivity index (χ3n) is 29.6. The standard InChI is InChI=1S/C51H86N4O12.C41H79N3O12.C10H7NO/c1-15-40-51(10,60)44(56)34(6)55(13)29-30(2)25-49(8,59)46(32(4)42(33(5)47(58)65-40)66-41-26-50(9,61-14)45(57)35(7)64-41)67-48-43(39(54(11)12)23-31(3)63-48)62-22-18-21-52-27-36-24-37-19-16-17-20-38(37)53-28-36;1-15-30-41(10,49)34(45)27(6)44(13)22-23(2)20-39(8,48)36(56-38-33(51-18-16-17-42)29(43(11)12)19-24(3)52-38)25(4)32(26(5)37(47)54-30)55-31-21-40(9,50-14)35(46)28(7)53-31;12-7-8-5-9-3-1-2-4-10(9)11-6-8/h16-17,19-20,24,28,30-35,39-46,48,52,56-57,59-60H,15,18,21-23,25-27,29H2,1-14H3;23-36,38,45-46,48-49H,15-22,42H2,1-14H3;1-7H/t30-,31-,32+,33-,34-,35+,39+,40-,41+,42+,43-,44-,45+,46-,48+,49-,50-,51-;23-,24-,25+,26-,27-,28+,29+,30-,31+,32+,33-,34-,35+,36-,38+,39-,40-,41-;/m11./s1. The number of fused-ring (bicyclic) bond motifs is 2. The van der Waals surface area contributed by atoms with Crippen molar-refractivity contribution in [1.82, 2.24) is 34.9 Å². The maximum Gasteiger partial charge on any atom is 0.311 e. The first-order valence-corrected chi connectivity index (χ1v) is 49.2. The summed E-state index contributed by atoms with van der Waals surface area (Å²) < 4.78 is 90.7. The number of likely N-dealkylation sites (N-methyl/N-ethyl adjacent to an activating group) is 4. The van der Waals surface area contributed by atoms with Gasteiger partial charge in [0.05, 0.1) is 94.1 Å². The fraction of sp³-hybridized carbons (Fsp3) is 0.794. The number of aldehydes is 1. The topological polar surface area (TPSA) is 419 Å². The van der Waals surface area contributed by atoms with Gasteiger partial charge in [-0.15, -0.1) is 0 Å². The normalized spacial score (nSPS) is 40.8. The number of nitrogens with one attached hydrogen (secondary N) is 1. The quantitative estimate of drug-likeness (QED) is 0.0159. The molecular weight excluding hydrogens is 1740 g/mol. The number of carbonyl (C=O) groups is 3. The lowest BCUT2D eigenvalue weighted by Crippen LogP contribution is -2.61. The fourth-order valence-corrected chi connectivity index (χ4v) is 21.1. The monoisotopic (exact) mass is 1910 g/mol. The number of benzene rings is 2. The maximum atomic E-state index is 14.5. The molecule has 33 nitrogen and oxygen atoms in total. The van der Waals surface area contributed by atoms with Crippen LogP contribution < -0.4 is 11.1 Å². The minimum atomic E-state index is -1.81. The van der Waals surface area contributed by atoms with Gasteiger partial charge in [0.15, 0.2) is 31.4 Å². The Kier molecular flexibility index (Phi) is 43.2. The Hall–Kier alpha value is -5.17. The number of aliphatic hydroxyl groups excluding tert-OH is 4. The van der Waals surface area contributed by atoms with E-state index in [2.05, 4.69) is 37.2 Å². The van der Waals surface area contributed by atoms with Crippen molar-refractivity contribution in [3.63, 3.8) is 0 Å². The fourth-order valence-electron chi connectivity index (χ4n) is 21.1. The molecule has 10 rings (SSSR count). The molecule has 0 spiro atoms. The molecule has 0 unspecified atom stereocenters. The summed E-state index contributed by atoms with van der Waals surface area (Å²) >= 11 is 0. The lowest BCUT2D eigenvalue weighted by Gasteiger charge is -2.49. The van der Waals surface area contributed by atoms with Crippen LogP contribution in [0.25, 0.3) is 21.8 Å². The summed E-state index contributed by atoms with van der Waals surface area (Å²) in [5.41, 5.74) is 0.715. The Morgan fingerprint density at radius 3 is 1.31 bits per heavy atom. The zero-order chi connectivity index (χ0) is 100. The minimum absolute atomic E-state index is 0.0699. The van der Waals surface area contributed by atoms with Gasteiger partial charge in [-0.05, 0) is 245 Å². The van der Waals surface area contributed by atoms with E-state index in [1.165, 1.54) is 28.1 Å². The highest BCUT2D eigenvalue weighted by Crippen LogP contribution is 2.45. The number of carbonyl (C=O) groups excluding carboxylic acids is 3. The molecule has 6 aliphatic heterocycles. The summed E-state index contributed by atoms with van der Waals surface area (Å²) in [5, 5.41) is 100. The number of nitrogens with zero attached hydrogens (tertiary/aromatic N) is 6. The number of rotatable bonds is 26. The molecule has 0 radical (unpaired) electrons. The Morgan fingerprint density at radius 1 is 0.533 bits per heavy atom. The third-order valence-corrected chi connectivity index (χ3v) is 29.6. The van der Waals surface area contributed by atoms with Gasteiger partial charge in [0, 0.05) is 125 Å². The van der Waals surface area contributed by atoms with Gasteiger partial charge in [0.1, 0.15) is 60.0 Å². The molecule has 33 heteroatoms. The summed E-state index contributed by atoms with van der Waals surface area (Å²) in [6, 6.07) is 18.5. The number of pyridine rings is 2. The number of methoxy groups -OCH3 is 2. The van der Waals surface area contributed by atoms with Gasteiger partial charge in [-0.3, -0.25) is 24.4 Å². The average Bonchev–Trinajstić information content (AvgIpc) is 1.30. The smallest absolute Gasteiger partial charge is 0.311 e. The van der Waals surface area contributed by atoms with E-state index in [0.717, 1.165) is 33.7 Å². The van der Waals surface area contributed by atoms with Gasteiger partial charge in [-0.2, -0.15) is 0 Å². The van der Waals surface area contributed by atoms with Crippen LogP contribution in [0, 0.1) is 35.5 Å². The predicted octanol–water partition coefficient (Wildman–Crippen LogP) is 8.97. The number of hydrogen-bond donors (Lipinski definition) is 10. The first kappa shape index (κ1) is 115. The van der Waals surface area contributed by atoms with Gasteiger partial charge in [-0.1, -0.05) is 77.9 Å². The molecule has 0 amide bonds. The summed E-state index contributed by atoms with van der Waals surface area (Å²) in [6.45, 7) is 39.5. The van der Waals surface area contributed by atoms with E-state index in [9.17, 15) is 55.2 Å². The average molecular weight is 1910 g/mol. The van der Waals surface area contributed by atoms with Crippen LogP contribution in [0.5, 0.6) is 0 Å². The highest BCUT2D eigenvalue weighted by molar-refractivity contribution is 5.85. The first-order chi connectivity index (χ1) is 63.3. The number of hydrogen-bond acceptors (Lipinski definition) is 33. The molecule has 11 N–H and O–H groups in total. The summed E-state index contributed by atoms with van der Waals surface area (Å²) in [6.07, 6.45) is -8.83. The zero-order valence-electron chi connectivity index (χ0n) is 86.1. The zero-order valence-corrected chi connectivity index (χ0v) is 86.1. The van der Waals surface area contributed by atoms with Crippen molar-refractivity contribution in [3.05, 3.63) is 84.2 Å². The highest BCUT2D eigenvalue weighted by atomic mass is 16.7. The van der Waals surface area contributed by atoms with E-state index in [0.29, 0.717) is 77.2 Å². The maximum absolute atomic E-state index is 14.5. The van der Waals surface area contributed by atoms with Crippen LogP contribution in [0.4, 0.5) is 0 Å². The summed E-state index contributed by atoms with van der Waals surface area (Å²) in [4.78, 5) is 56.1. The predicted molar refractivity (Wildman–Crippen MR) is 515 cm³/mol. The minimum Gasteiger partial charge on any atom is -0.459 e. The molecule has 6 fully saturated rings. The van der Waals surface area contributed by atoms with Gasteiger partial charge in [-0.25, -0.2) is 0 Å². The molecule has 6 aliphatic rings. The molecule has 4 aromatic rings. The second-order valence-electron chi connectivity index (χ2n) is 41.8.